The standard InChI is InChI=1S/C21H22N4O2/c26-18-4-2-1-3-15(18)19(27)9-10-25-14-7-8-17(25)20-16(11-14)21(23-12-22-20)24-13-5-6-13/h1-4,9-10,12-14,17,26H,5-8,11H2,(H,22,23,24). The highest BCUT2D eigenvalue weighted by atomic mass is 16.3. The molecule has 5 rings (SSSR count). The third-order valence-corrected chi connectivity index (χ3v) is 5.77. The first-order valence-corrected chi connectivity index (χ1v) is 9.59. The van der Waals surface area contributed by atoms with Gasteiger partial charge >= 0.3 is 0 Å². The van der Waals surface area contributed by atoms with Crippen LogP contribution in [0.4, 0.5) is 5.82 Å². The van der Waals surface area contributed by atoms with E-state index in [2.05, 4.69) is 20.2 Å². The zero-order valence-electron chi connectivity index (χ0n) is 15.0. The lowest BCUT2D eigenvalue weighted by atomic mass is 9.98. The van der Waals surface area contributed by atoms with Crippen LogP contribution in [-0.2, 0) is 6.42 Å². The van der Waals surface area contributed by atoms with Crippen molar-refractivity contribution in [3.05, 3.63) is 59.7 Å². The SMILES string of the molecule is O=C(C=CN1C2CCC1c1ncnc(NC3CC3)c1C2)c1ccccc1O. The molecular weight excluding hydrogens is 340 g/mol. The van der Waals surface area contributed by atoms with Gasteiger partial charge in [0.15, 0.2) is 5.78 Å². The molecule has 2 fully saturated rings. The number of hydrogen-bond donors (Lipinski definition) is 2. The molecule has 2 aromatic rings. The van der Waals surface area contributed by atoms with Gasteiger partial charge in [-0.15, -0.1) is 0 Å². The van der Waals surface area contributed by atoms with Gasteiger partial charge in [-0.25, -0.2) is 9.97 Å². The maximum atomic E-state index is 12.5. The number of carbonyl (C=O) groups is 1. The van der Waals surface area contributed by atoms with Crippen molar-refractivity contribution >= 4 is 11.6 Å². The third-order valence-electron chi connectivity index (χ3n) is 5.77. The number of nitrogens with zero attached hydrogens (tertiary/aromatic N) is 3. The summed E-state index contributed by atoms with van der Waals surface area (Å²) in [4.78, 5) is 23.8. The summed E-state index contributed by atoms with van der Waals surface area (Å²) in [6, 6.07) is 7.77. The van der Waals surface area contributed by atoms with Crippen molar-refractivity contribution < 1.29 is 9.90 Å². The molecule has 0 amide bonds. The quantitative estimate of drug-likeness (QED) is 0.628. The Morgan fingerprint density at radius 1 is 1.19 bits per heavy atom. The minimum atomic E-state index is -0.183. The van der Waals surface area contributed by atoms with E-state index in [1.165, 1.54) is 24.5 Å². The van der Waals surface area contributed by atoms with Crippen LogP contribution in [0.1, 0.15) is 53.3 Å². The van der Waals surface area contributed by atoms with Gasteiger partial charge in [-0.2, -0.15) is 0 Å². The first-order chi connectivity index (χ1) is 13.2. The number of allylic oxidation sites excluding steroid dienone is 1. The maximum absolute atomic E-state index is 12.5. The van der Waals surface area contributed by atoms with Crippen molar-refractivity contribution in [3.63, 3.8) is 0 Å². The van der Waals surface area contributed by atoms with E-state index in [0.29, 0.717) is 17.6 Å². The first-order valence-electron chi connectivity index (χ1n) is 9.59. The first kappa shape index (κ1) is 16.3. The number of rotatable bonds is 5. The maximum Gasteiger partial charge on any atom is 0.190 e. The Labute approximate surface area is 158 Å². The summed E-state index contributed by atoms with van der Waals surface area (Å²) < 4.78 is 0. The molecule has 0 spiro atoms. The summed E-state index contributed by atoms with van der Waals surface area (Å²) in [7, 11) is 0. The Morgan fingerprint density at radius 2 is 2.04 bits per heavy atom. The van der Waals surface area contributed by atoms with Gasteiger partial charge in [0, 0.05) is 29.9 Å². The molecule has 1 aromatic heterocycles. The molecule has 3 aliphatic rings. The van der Waals surface area contributed by atoms with Crippen LogP contribution < -0.4 is 5.32 Å². The van der Waals surface area contributed by atoms with Crippen LogP contribution >= 0.6 is 0 Å². The average molecular weight is 362 g/mol. The predicted molar refractivity (Wildman–Crippen MR) is 102 cm³/mol. The fourth-order valence-electron chi connectivity index (χ4n) is 4.23. The fraction of sp³-hybridized carbons (Fsp3) is 0.381. The molecule has 1 aliphatic carbocycles. The van der Waals surface area contributed by atoms with Crippen LogP contribution in [0, 0.1) is 0 Å². The highest BCUT2D eigenvalue weighted by molar-refractivity contribution is 6.06. The molecule has 2 unspecified atom stereocenters. The number of hydrogen-bond acceptors (Lipinski definition) is 6. The van der Waals surface area contributed by atoms with Crippen LogP contribution in [0.25, 0.3) is 0 Å². The van der Waals surface area contributed by atoms with Gasteiger partial charge in [0.1, 0.15) is 17.9 Å². The lowest BCUT2D eigenvalue weighted by Crippen LogP contribution is -2.35. The van der Waals surface area contributed by atoms with Crippen LogP contribution in [0.3, 0.4) is 0 Å². The van der Waals surface area contributed by atoms with Gasteiger partial charge in [0.25, 0.3) is 0 Å². The Balaban J connectivity index is 1.40. The van der Waals surface area contributed by atoms with Crippen LogP contribution in [0.2, 0.25) is 0 Å². The summed E-state index contributed by atoms with van der Waals surface area (Å²) >= 11 is 0. The van der Waals surface area contributed by atoms with Gasteiger partial charge in [0.2, 0.25) is 0 Å². The van der Waals surface area contributed by atoms with Gasteiger partial charge < -0.3 is 15.3 Å². The molecule has 1 aromatic carbocycles. The zero-order valence-corrected chi connectivity index (χ0v) is 15.0. The van der Waals surface area contributed by atoms with Crippen molar-refractivity contribution in [2.75, 3.05) is 5.32 Å². The van der Waals surface area contributed by atoms with E-state index >= 15 is 0 Å². The van der Waals surface area contributed by atoms with Crippen LogP contribution in [-0.4, -0.2) is 37.8 Å². The highest BCUT2D eigenvalue weighted by Gasteiger charge is 2.41. The summed E-state index contributed by atoms with van der Waals surface area (Å²) in [5.74, 6) is 0.827. The minimum Gasteiger partial charge on any atom is -0.507 e. The van der Waals surface area contributed by atoms with Crippen molar-refractivity contribution in [2.24, 2.45) is 0 Å². The number of phenols is 1. The average Bonchev–Trinajstić information content (AvgIpc) is 3.44. The molecule has 138 valence electrons. The second-order valence-electron chi connectivity index (χ2n) is 7.60. The lowest BCUT2D eigenvalue weighted by Gasteiger charge is -2.35. The number of aromatic nitrogens is 2. The molecule has 0 radical (unpaired) electrons. The van der Waals surface area contributed by atoms with E-state index in [-0.39, 0.29) is 17.6 Å². The molecule has 27 heavy (non-hydrogen) atoms. The molecule has 1 saturated carbocycles. The van der Waals surface area contributed by atoms with Crippen molar-refractivity contribution in [3.8, 4) is 5.75 Å². The number of phenolic OH excluding ortho intramolecular Hbond substituents is 1. The molecular formula is C21H22N4O2. The second-order valence-corrected chi connectivity index (χ2v) is 7.60. The molecule has 6 heteroatoms. The Kier molecular flexibility index (Phi) is 3.85. The fourth-order valence-corrected chi connectivity index (χ4v) is 4.23. The smallest absolute Gasteiger partial charge is 0.190 e. The number of carbonyl (C=O) groups excluding carboxylic acids is 1. The van der Waals surface area contributed by atoms with Gasteiger partial charge in [-0.1, -0.05) is 12.1 Å². The molecule has 1 saturated heterocycles. The summed E-state index contributed by atoms with van der Waals surface area (Å²) in [5.41, 5.74) is 2.66. The van der Waals surface area contributed by atoms with Gasteiger partial charge in [-0.05, 0) is 44.2 Å². The molecule has 2 atom stereocenters. The summed E-state index contributed by atoms with van der Waals surface area (Å²) in [5, 5.41) is 13.4. The number of ketones is 1. The highest BCUT2D eigenvalue weighted by Crippen LogP contribution is 2.44. The normalized spacial score (nSPS) is 23.5. The lowest BCUT2D eigenvalue weighted by molar-refractivity contribution is 0.104. The van der Waals surface area contributed by atoms with Crippen LogP contribution in [0.5, 0.6) is 5.75 Å². The van der Waals surface area contributed by atoms with Crippen LogP contribution in [0.15, 0.2) is 42.9 Å². The number of para-hydroxylation sites is 1. The Morgan fingerprint density at radius 3 is 2.85 bits per heavy atom. The van der Waals surface area contributed by atoms with Crippen molar-refractivity contribution in [2.45, 2.75) is 50.2 Å². The van der Waals surface area contributed by atoms with E-state index in [0.717, 1.165) is 30.8 Å². The zero-order chi connectivity index (χ0) is 18.4. The van der Waals surface area contributed by atoms with E-state index in [4.69, 9.17) is 0 Å². The number of aromatic hydroxyl groups is 1. The molecule has 6 nitrogen and oxygen atoms in total. The summed E-state index contributed by atoms with van der Waals surface area (Å²) in [6.07, 6.45) is 10.6. The largest absolute Gasteiger partial charge is 0.507 e. The van der Waals surface area contributed by atoms with Crippen molar-refractivity contribution in [1.82, 2.24) is 14.9 Å². The van der Waals surface area contributed by atoms with E-state index in [1.807, 2.05) is 6.20 Å². The van der Waals surface area contributed by atoms with E-state index < -0.39 is 0 Å². The number of anilines is 1. The topological polar surface area (TPSA) is 78.4 Å². The number of nitrogens with one attached hydrogen (secondary N) is 1. The Bertz CT molecular complexity index is 922. The molecule has 3 heterocycles. The van der Waals surface area contributed by atoms with E-state index in [9.17, 15) is 9.90 Å². The summed E-state index contributed by atoms with van der Waals surface area (Å²) in [6.45, 7) is 0. The number of fused-ring (bicyclic) bond motifs is 4. The van der Waals surface area contributed by atoms with Gasteiger partial charge in [0.05, 0.1) is 17.3 Å². The predicted octanol–water partition coefficient (Wildman–Crippen LogP) is 3.21. The number of benzene rings is 1. The third kappa shape index (κ3) is 2.95. The molecule has 2 aliphatic heterocycles. The molecule has 2 bridgehead atoms. The van der Waals surface area contributed by atoms with Gasteiger partial charge in [-0.3, -0.25) is 4.79 Å². The van der Waals surface area contributed by atoms with Crippen molar-refractivity contribution in [1.29, 1.82) is 0 Å². The molecule has 2 N–H and O–H groups in total. The second kappa shape index (κ2) is 6.37. The monoisotopic (exact) mass is 362 g/mol. The van der Waals surface area contributed by atoms with E-state index in [1.54, 1.807) is 30.6 Å². The minimum absolute atomic E-state index is 0.0163. The Hall–Kier alpha value is -2.89.